The smallest absolute Gasteiger partial charge is 0.160 e. The van der Waals surface area contributed by atoms with E-state index in [-0.39, 0.29) is 5.92 Å². The summed E-state index contributed by atoms with van der Waals surface area (Å²) in [7, 11) is 3.21. The van der Waals surface area contributed by atoms with Crippen LogP contribution >= 0.6 is 0 Å². The Morgan fingerprint density at radius 1 is 1.26 bits per heavy atom. The van der Waals surface area contributed by atoms with Gasteiger partial charge in [-0.25, -0.2) is 0 Å². The quantitative estimate of drug-likeness (QED) is 0.793. The molecule has 3 N–H and O–H groups in total. The molecule has 1 rings (SSSR count). The fraction of sp³-hybridized carbons (Fsp3) is 0.600. The van der Waals surface area contributed by atoms with E-state index in [1.165, 1.54) is 0 Å². The minimum atomic E-state index is -0.816. The van der Waals surface area contributed by atoms with Crippen molar-refractivity contribution in [2.45, 2.75) is 32.3 Å². The standard InChI is InChI=1S/C15H25NO3/c1-5-12(10-16)15(2,17)9-11-6-7-13(18-3)14(8-11)19-4/h6-8,12,17H,5,9-10,16H2,1-4H3. The molecule has 0 radical (unpaired) electrons. The molecule has 4 heteroatoms. The molecular weight excluding hydrogens is 242 g/mol. The van der Waals surface area contributed by atoms with Gasteiger partial charge in [0.1, 0.15) is 0 Å². The van der Waals surface area contributed by atoms with Crippen molar-refractivity contribution in [3.05, 3.63) is 23.8 Å². The fourth-order valence-electron chi connectivity index (χ4n) is 2.41. The first-order valence-electron chi connectivity index (χ1n) is 6.61. The third kappa shape index (κ3) is 3.85. The zero-order valence-electron chi connectivity index (χ0n) is 12.3. The van der Waals surface area contributed by atoms with E-state index in [2.05, 4.69) is 0 Å². The summed E-state index contributed by atoms with van der Waals surface area (Å²) in [5.74, 6) is 1.45. The molecule has 1 aromatic rings. The van der Waals surface area contributed by atoms with Crippen molar-refractivity contribution in [1.82, 2.24) is 0 Å². The molecule has 0 saturated heterocycles. The van der Waals surface area contributed by atoms with Gasteiger partial charge in [-0.3, -0.25) is 0 Å². The Morgan fingerprint density at radius 2 is 1.89 bits per heavy atom. The number of nitrogens with two attached hydrogens (primary N) is 1. The van der Waals surface area contributed by atoms with Crippen LogP contribution in [0.2, 0.25) is 0 Å². The van der Waals surface area contributed by atoms with Gasteiger partial charge in [-0.2, -0.15) is 0 Å². The van der Waals surface area contributed by atoms with Gasteiger partial charge in [0.25, 0.3) is 0 Å². The summed E-state index contributed by atoms with van der Waals surface area (Å²) in [5, 5.41) is 10.6. The van der Waals surface area contributed by atoms with Crippen molar-refractivity contribution in [3.63, 3.8) is 0 Å². The second-order valence-corrected chi connectivity index (χ2v) is 5.06. The van der Waals surface area contributed by atoms with Crippen molar-refractivity contribution in [2.24, 2.45) is 11.7 Å². The SMILES string of the molecule is CCC(CN)C(C)(O)Cc1ccc(OC)c(OC)c1. The van der Waals surface area contributed by atoms with Crippen molar-refractivity contribution >= 4 is 0 Å². The Morgan fingerprint density at radius 3 is 2.37 bits per heavy atom. The molecule has 4 nitrogen and oxygen atoms in total. The van der Waals surface area contributed by atoms with E-state index in [1.54, 1.807) is 14.2 Å². The lowest BCUT2D eigenvalue weighted by Gasteiger charge is -2.31. The van der Waals surface area contributed by atoms with Crippen molar-refractivity contribution in [1.29, 1.82) is 0 Å². The summed E-state index contributed by atoms with van der Waals surface area (Å²) in [6.07, 6.45) is 1.40. The normalized spacial score (nSPS) is 15.7. The first kappa shape index (κ1) is 15.8. The van der Waals surface area contributed by atoms with Crippen LogP contribution < -0.4 is 15.2 Å². The molecule has 0 saturated carbocycles. The van der Waals surface area contributed by atoms with Crippen molar-refractivity contribution in [3.8, 4) is 11.5 Å². The van der Waals surface area contributed by atoms with E-state index in [9.17, 15) is 5.11 Å². The van der Waals surface area contributed by atoms with E-state index in [1.807, 2.05) is 32.0 Å². The molecule has 0 bridgehead atoms. The first-order chi connectivity index (χ1) is 8.98. The highest BCUT2D eigenvalue weighted by molar-refractivity contribution is 5.43. The first-order valence-corrected chi connectivity index (χ1v) is 6.61. The number of hydrogen-bond donors (Lipinski definition) is 2. The van der Waals surface area contributed by atoms with E-state index in [0.29, 0.717) is 24.5 Å². The second-order valence-electron chi connectivity index (χ2n) is 5.06. The number of hydrogen-bond acceptors (Lipinski definition) is 4. The molecule has 108 valence electrons. The molecule has 2 atom stereocenters. The summed E-state index contributed by atoms with van der Waals surface area (Å²) in [6, 6.07) is 5.70. The predicted octanol–water partition coefficient (Wildman–Crippen LogP) is 1.98. The van der Waals surface area contributed by atoms with Crippen LogP contribution in [0.15, 0.2) is 18.2 Å². The van der Waals surface area contributed by atoms with Gasteiger partial charge in [0.15, 0.2) is 11.5 Å². The van der Waals surface area contributed by atoms with Gasteiger partial charge in [0, 0.05) is 6.42 Å². The zero-order chi connectivity index (χ0) is 14.5. The summed E-state index contributed by atoms with van der Waals surface area (Å²) < 4.78 is 10.5. The van der Waals surface area contributed by atoms with Crippen LogP contribution in [0.4, 0.5) is 0 Å². The van der Waals surface area contributed by atoms with E-state index >= 15 is 0 Å². The van der Waals surface area contributed by atoms with Gasteiger partial charge in [-0.15, -0.1) is 0 Å². The molecule has 0 aliphatic carbocycles. The lowest BCUT2D eigenvalue weighted by Crippen LogP contribution is -2.40. The van der Waals surface area contributed by atoms with Gasteiger partial charge in [0.2, 0.25) is 0 Å². The van der Waals surface area contributed by atoms with E-state index in [4.69, 9.17) is 15.2 Å². The summed E-state index contributed by atoms with van der Waals surface area (Å²) in [4.78, 5) is 0. The lowest BCUT2D eigenvalue weighted by molar-refractivity contribution is 0.00119. The molecule has 0 fully saturated rings. The number of ether oxygens (including phenoxy) is 2. The number of methoxy groups -OCH3 is 2. The highest BCUT2D eigenvalue weighted by Gasteiger charge is 2.29. The van der Waals surface area contributed by atoms with Gasteiger partial charge in [-0.05, 0) is 43.5 Å². The third-order valence-electron chi connectivity index (χ3n) is 3.67. The molecule has 0 amide bonds. The average Bonchev–Trinajstić information content (AvgIpc) is 2.39. The number of aliphatic hydroxyl groups is 1. The number of benzene rings is 1. The predicted molar refractivity (Wildman–Crippen MR) is 76.7 cm³/mol. The minimum Gasteiger partial charge on any atom is -0.493 e. The molecule has 0 aliphatic heterocycles. The van der Waals surface area contributed by atoms with E-state index < -0.39 is 5.60 Å². The largest absolute Gasteiger partial charge is 0.493 e. The Kier molecular flexibility index (Phi) is 5.63. The average molecular weight is 267 g/mol. The van der Waals surface area contributed by atoms with Gasteiger partial charge in [-0.1, -0.05) is 13.0 Å². The van der Waals surface area contributed by atoms with Crippen molar-refractivity contribution < 1.29 is 14.6 Å². The maximum atomic E-state index is 10.6. The topological polar surface area (TPSA) is 64.7 Å². The molecule has 1 aromatic carbocycles. The second kappa shape index (κ2) is 6.78. The van der Waals surface area contributed by atoms with E-state index in [0.717, 1.165) is 12.0 Å². The summed E-state index contributed by atoms with van der Waals surface area (Å²) >= 11 is 0. The lowest BCUT2D eigenvalue weighted by atomic mass is 9.82. The minimum absolute atomic E-state index is 0.0839. The highest BCUT2D eigenvalue weighted by atomic mass is 16.5. The molecular formula is C15H25NO3. The van der Waals surface area contributed by atoms with Crippen molar-refractivity contribution in [2.75, 3.05) is 20.8 Å². The molecule has 0 aromatic heterocycles. The molecule has 0 spiro atoms. The number of rotatable bonds is 7. The molecule has 0 heterocycles. The van der Waals surface area contributed by atoms with Crippen LogP contribution in [0.25, 0.3) is 0 Å². The maximum absolute atomic E-state index is 10.6. The van der Waals surface area contributed by atoms with Crippen LogP contribution in [0.5, 0.6) is 11.5 Å². The van der Waals surface area contributed by atoms with Gasteiger partial charge >= 0.3 is 0 Å². The summed E-state index contributed by atoms with van der Waals surface area (Å²) in [6.45, 7) is 4.36. The Bertz CT molecular complexity index is 400. The molecule has 19 heavy (non-hydrogen) atoms. The Balaban J connectivity index is 2.93. The Hall–Kier alpha value is -1.26. The molecule has 2 unspecified atom stereocenters. The van der Waals surface area contributed by atoms with Crippen LogP contribution in [-0.4, -0.2) is 31.5 Å². The van der Waals surface area contributed by atoms with Crippen LogP contribution in [-0.2, 0) is 6.42 Å². The molecule has 0 aliphatic rings. The Labute approximate surface area is 115 Å². The van der Waals surface area contributed by atoms with Crippen LogP contribution in [0.3, 0.4) is 0 Å². The third-order valence-corrected chi connectivity index (χ3v) is 3.67. The zero-order valence-corrected chi connectivity index (χ0v) is 12.3. The van der Waals surface area contributed by atoms with Gasteiger partial charge < -0.3 is 20.3 Å². The van der Waals surface area contributed by atoms with Crippen LogP contribution in [0, 0.1) is 5.92 Å². The monoisotopic (exact) mass is 267 g/mol. The van der Waals surface area contributed by atoms with Gasteiger partial charge in [0.05, 0.1) is 19.8 Å². The fourth-order valence-corrected chi connectivity index (χ4v) is 2.41. The highest BCUT2D eigenvalue weighted by Crippen LogP contribution is 2.31. The van der Waals surface area contributed by atoms with Crippen LogP contribution in [0.1, 0.15) is 25.8 Å². The maximum Gasteiger partial charge on any atom is 0.160 e. The summed E-state index contributed by atoms with van der Waals surface area (Å²) in [5.41, 5.74) is 5.91.